The predicted molar refractivity (Wildman–Crippen MR) is 43.3 cm³/mol. The Morgan fingerprint density at radius 2 is 2.36 bits per heavy atom. The van der Waals surface area contributed by atoms with Crippen LogP contribution in [0.25, 0.3) is 0 Å². The van der Waals surface area contributed by atoms with Gasteiger partial charge in [-0.2, -0.15) is 5.10 Å². The van der Waals surface area contributed by atoms with E-state index in [9.17, 15) is 4.79 Å². The lowest BCUT2D eigenvalue weighted by Gasteiger charge is -1.99. The Hall–Kier alpha value is -0.680. The summed E-state index contributed by atoms with van der Waals surface area (Å²) in [6.45, 7) is 0.154. The molecule has 0 radical (unpaired) electrons. The first kappa shape index (κ1) is 8.42. The Morgan fingerprint density at radius 1 is 1.64 bits per heavy atom. The van der Waals surface area contributed by atoms with Crippen molar-refractivity contribution >= 4 is 15.9 Å². The first-order chi connectivity index (χ1) is 5.24. The van der Waals surface area contributed by atoms with Crippen molar-refractivity contribution in [1.82, 2.24) is 9.78 Å². The molecule has 1 aromatic rings. The maximum absolute atomic E-state index is 10.9. The maximum Gasteiger partial charge on any atom is 0.266 e. The largest absolute Gasteiger partial charge is 0.394 e. The van der Waals surface area contributed by atoms with Gasteiger partial charge in [-0.05, 0) is 22.0 Å². The summed E-state index contributed by atoms with van der Waals surface area (Å²) in [7, 11) is 0. The minimum absolute atomic E-state index is 0.0800. The van der Waals surface area contributed by atoms with E-state index in [1.807, 2.05) is 0 Å². The van der Waals surface area contributed by atoms with E-state index in [1.54, 1.807) is 6.07 Å². The zero-order valence-corrected chi connectivity index (χ0v) is 7.28. The number of nitrogens with zero attached hydrogens (tertiary/aromatic N) is 2. The van der Waals surface area contributed by atoms with Crippen molar-refractivity contribution in [2.75, 3.05) is 6.61 Å². The quantitative estimate of drug-likeness (QED) is 0.761. The van der Waals surface area contributed by atoms with Gasteiger partial charge in [0.15, 0.2) is 0 Å². The topological polar surface area (TPSA) is 55.1 Å². The van der Waals surface area contributed by atoms with Crippen molar-refractivity contribution in [1.29, 1.82) is 0 Å². The lowest BCUT2D eigenvalue weighted by Crippen LogP contribution is -2.23. The normalized spacial score (nSPS) is 10.0. The van der Waals surface area contributed by atoms with Crippen molar-refractivity contribution in [3.63, 3.8) is 0 Å². The summed E-state index contributed by atoms with van der Waals surface area (Å²) in [6, 6.07) is 2.96. The Morgan fingerprint density at radius 3 is 3.00 bits per heavy atom. The number of hydrogen-bond acceptors (Lipinski definition) is 3. The van der Waals surface area contributed by atoms with Crippen LogP contribution in [0.1, 0.15) is 0 Å². The molecule has 0 aliphatic rings. The van der Waals surface area contributed by atoms with E-state index >= 15 is 0 Å². The standard InChI is InChI=1S/C6H7BrN2O2/c7-5-1-2-6(11)9(8-5)3-4-10/h1-2,10H,3-4H2. The lowest BCUT2D eigenvalue weighted by atomic mass is 10.5. The molecule has 0 fully saturated rings. The highest BCUT2D eigenvalue weighted by Crippen LogP contribution is 1.99. The van der Waals surface area contributed by atoms with E-state index in [-0.39, 0.29) is 18.7 Å². The van der Waals surface area contributed by atoms with Gasteiger partial charge in [0.25, 0.3) is 5.56 Å². The zero-order chi connectivity index (χ0) is 8.27. The molecule has 60 valence electrons. The van der Waals surface area contributed by atoms with Gasteiger partial charge in [-0.25, -0.2) is 4.68 Å². The van der Waals surface area contributed by atoms with E-state index < -0.39 is 0 Å². The molecule has 1 N–H and O–H groups in total. The van der Waals surface area contributed by atoms with E-state index in [0.29, 0.717) is 4.60 Å². The third-order valence-corrected chi connectivity index (χ3v) is 1.57. The molecule has 0 spiro atoms. The van der Waals surface area contributed by atoms with Crippen molar-refractivity contribution in [3.8, 4) is 0 Å². The van der Waals surface area contributed by atoms with Crippen molar-refractivity contribution < 1.29 is 5.11 Å². The van der Waals surface area contributed by atoms with Gasteiger partial charge in [0.2, 0.25) is 0 Å². The van der Waals surface area contributed by atoms with Gasteiger partial charge in [-0.3, -0.25) is 4.79 Å². The fourth-order valence-corrected chi connectivity index (χ4v) is 1.00. The molecule has 4 nitrogen and oxygen atoms in total. The van der Waals surface area contributed by atoms with E-state index in [1.165, 1.54) is 10.7 Å². The second-order valence-electron chi connectivity index (χ2n) is 1.94. The molecular weight excluding hydrogens is 212 g/mol. The molecule has 0 aliphatic heterocycles. The third kappa shape index (κ3) is 2.13. The van der Waals surface area contributed by atoms with Gasteiger partial charge in [0.1, 0.15) is 4.60 Å². The second kappa shape index (κ2) is 3.64. The molecule has 0 unspecified atom stereocenters. The fraction of sp³-hybridized carbons (Fsp3) is 0.333. The number of halogens is 1. The summed E-state index contributed by atoms with van der Waals surface area (Å²) in [5.74, 6) is 0. The van der Waals surface area contributed by atoms with Crippen LogP contribution in [0.5, 0.6) is 0 Å². The number of hydrogen-bond donors (Lipinski definition) is 1. The highest BCUT2D eigenvalue weighted by Gasteiger charge is 1.95. The Kier molecular flexibility index (Phi) is 2.78. The Labute approximate surface area is 71.6 Å². The Bertz CT molecular complexity index is 297. The average Bonchev–Trinajstić information content (AvgIpc) is 1.98. The van der Waals surface area contributed by atoms with E-state index in [0.717, 1.165) is 0 Å². The van der Waals surface area contributed by atoms with Crippen LogP contribution in [-0.2, 0) is 6.54 Å². The molecule has 0 saturated carbocycles. The van der Waals surface area contributed by atoms with Crippen LogP contribution in [-0.4, -0.2) is 21.5 Å². The van der Waals surface area contributed by atoms with Gasteiger partial charge < -0.3 is 5.11 Å². The molecule has 0 aromatic carbocycles. The molecule has 1 heterocycles. The van der Waals surface area contributed by atoms with Gasteiger partial charge in [-0.1, -0.05) is 0 Å². The van der Waals surface area contributed by atoms with Crippen LogP contribution in [0.4, 0.5) is 0 Å². The first-order valence-electron chi connectivity index (χ1n) is 3.08. The summed E-state index contributed by atoms with van der Waals surface area (Å²) in [6.07, 6.45) is 0. The summed E-state index contributed by atoms with van der Waals surface area (Å²) in [5, 5.41) is 12.3. The SMILES string of the molecule is O=c1ccc(Br)nn1CCO. The van der Waals surface area contributed by atoms with Crippen LogP contribution < -0.4 is 5.56 Å². The number of aromatic nitrogens is 2. The van der Waals surface area contributed by atoms with E-state index in [4.69, 9.17) is 5.11 Å². The number of aliphatic hydroxyl groups is 1. The van der Waals surface area contributed by atoms with Gasteiger partial charge in [0.05, 0.1) is 13.2 Å². The molecular formula is C6H7BrN2O2. The predicted octanol–water partition coefficient (Wildman–Crippen LogP) is -0.00190. The van der Waals surface area contributed by atoms with Gasteiger partial charge >= 0.3 is 0 Å². The van der Waals surface area contributed by atoms with Crippen LogP contribution in [0.3, 0.4) is 0 Å². The monoisotopic (exact) mass is 218 g/mol. The summed E-state index contributed by atoms with van der Waals surface area (Å²) >= 11 is 3.11. The first-order valence-corrected chi connectivity index (χ1v) is 3.88. The molecule has 0 atom stereocenters. The third-order valence-electron chi connectivity index (χ3n) is 1.15. The molecule has 5 heteroatoms. The fourth-order valence-electron chi connectivity index (χ4n) is 0.679. The van der Waals surface area contributed by atoms with Gasteiger partial charge in [-0.15, -0.1) is 0 Å². The highest BCUT2D eigenvalue weighted by atomic mass is 79.9. The summed E-state index contributed by atoms with van der Waals surface area (Å²) in [5.41, 5.74) is -0.206. The summed E-state index contributed by atoms with van der Waals surface area (Å²) in [4.78, 5) is 10.9. The maximum atomic E-state index is 10.9. The van der Waals surface area contributed by atoms with Crippen molar-refractivity contribution in [2.24, 2.45) is 0 Å². The molecule has 0 saturated heterocycles. The van der Waals surface area contributed by atoms with Crippen molar-refractivity contribution in [3.05, 3.63) is 27.1 Å². The zero-order valence-electron chi connectivity index (χ0n) is 5.70. The van der Waals surface area contributed by atoms with Crippen LogP contribution >= 0.6 is 15.9 Å². The van der Waals surface area contributed by atoms with Gasteiger partial charge in [0, 0.05) is 6.07 Å². The average molecular weight is 219 g/mol. The van der Waals surface area contributed by atoms with Crippen LogP contribution in [0.2, 0.25) is 0 Å². The van der Waals surface area contributed by atoms with Crippen LogP contribution in [0, 0.1) is 0 Å². The minimum Gasteiger partial charge on any atom is -0.394 e. The van der Waals surface area contributed by atoms with E-state index in [2.05, 4.69) is 21.0 Å². The molecule has 1 aromatic heterocycles. The second-order valence-corrected chi connectivity index (χ2v) is 2.75. The molecule has 0 amide bonds. The Balaban J connectivity index is 3.03. The number of aliphatic hydroxyl groups excluding tert-OH is 1. The number of rotatable bonds is 2. The molecule has 0 bridgehead atoms. The molecule has 11 heavy (non-hydrogen) atoms. The summed E-state index contributed by atoms with van der Waals surface area (Å²) < 4.78 is 1.79. The van der Waals surface area contributed by atoms with Crippen LogP contribution in [0.15, 0.2) is 21.5 Å². The highest BCUT2D eigenvalue weighted by molar-refractivity contribution is 9.10. The molecule has 1 rings (SSSR count). The lowest BCUT2D eigenvalue weighted by molar-refractivity contribution is 0.265. The smallest absolute Gasteiger partial charge is 0.266 e. The minimum atomic E-state index is -0.206. The molecule has 0 aliphatic carbocycles. The van der Waals surface area contributed by atoms with Crippen molar-refractivity contribution in [2.45, 2.75) is 6.54 Å².